The molecule has 1 rings (SSSR count). The van der Waals surface area contributed by atoms with Gasteiger partial charge < -0.3 is 9.47 Å². The molecule has 0 aliphatic rings. The molecule has 0 saturated carbocycles. The Labute approximate surface area is 110 Å². The first-order chi connectivity index (χ1) is 8.62. The molecule has 1 aromatic rings. The summed E-state index contributed by atoms with van der Waals surface area (Å²) >= 11 is 0. The average molecular weight is 276 g/mol. The minimum atomic E-state index is -4.49. The number of aromatic nitrogens is 1. The number of nitrogens with zero attached hydrogens (tertiary/aromatic N) is 2. The van der Waals surface area contributed by atoms with Gasteiger partial charge in [0, 0.05) is 24.8 Å². The Hall–Kier alpha value is -1.30. The fraction of sp³-hybridized carbons (Fsp3) is 0.615. The van der Waals surface area contributed by atoms with Crippen molar-refractivity contribution in [2.24, 2.45) is 0 Å². The Bertz CT molecular complexity index is 490. The molecular formula is C13H19F3N2O. The molecule has 0 fully saturated rings. The van der Waals surface area contributed by atoms with Crippen molar-refractivity contribution in [1.29, 1.82) is 0 Å². The van der Waals surface area contributed by atoms with Crippen LogP contribution < -0.4 is 5.56 Å². The molecule has 0 saturated heterocycles. The van der Waals surface area contributed by atoms with E-state index in [4.69, 9.17) is 0 Å². The molecule has 0 atom stereocenters. The third-order valence-corrected chi connectivity index (χ3v) is 2.85. The lowest BCUT2D eigenvalue weighted by molar-refractivity contribution is -0.138. The molecule has 0 unspecified atom stereocenters. The second-order valence-corrected chi connectivity index (χ2v) is 5.10. The van der Waals surface area contributed by atoms with Crippen molar-refractivity contribution in [2.45, 2.75) is 32.5 Å². The Morgan fingerprint density at radius 1 is 1.32 bits per heavy atom. The summed E-state index contributed by atoms with van der Waals surface area (Å²) in [5.74, 6) is 0. The lowest BCUT2D eigenvalue weighted by atomic mass is 10.1. The molecule has 0 aliphatic heterocycles. The molecular weight excluding hydrogens is 257 g/mol. The van der Waals surface area contributed by atoms with Gasteiger partial charge >= 0.3 is 6.18 Å². The molecule has 0 amide bonds. The van der Waals surface area contributed by atoms with Gasteiger partial charge in [-0.25, -0.2) is 0 Å². The van der Waals surface area contributed by atoms with Gasteiger partial charge in [0.25, 0.3) is 5.56 Å². The number of likely N-dealkylation sites (N-methyl/N-ethyl adjacent to an activating group) is 1. The predicted molar refractivity (Wildman–Crippen MR) is 68.3 cm³/mol. The maximum Gasteiger partial charge on any atom is 0.416 e. The van der Waals surface area contributed by atoms with E-state index in [1.807, 2.05) is 4.90 Å². The molecule has 0 bridgehead atoms. The van der Waals surface area contributed by atoms with E-state index >= 15 is 0 Å². The minimum Gasteiger partial charge on any atom is -0.313 e. The van der Waals surface area contributed by atoms with Crippen LogP contribution in [0.5, 0.6) is 0 Å². The van der Waals surface area contributed by atoms with Crippen LogP contribution in [0.2, 0.25) is 0 Å². The molecule has 6 heteroatoms. The van der Waals surface area contributed by atoms with Crippen molar-refractivity contribution in [2.75, 3.05) is 20.6 Å². The summed E-state index contributed by atoms with van der Waals surface area (Å²) in [6, 6.07) is 0.540. The quantitative estimate of drug-likeness (QED) is 0.844. The topological polar surface area (TPSA) is 25.2 Å². The lowest BCUT2D eigenvalue weighted by Gasteiger charge is -2.18. The molecule has 19 heavy (non-hydrogen) atoms. The van der Waals surface area contributed by atoms with Crippen LogP contribution in [-0.2, 0) is 12.6 Å². The van der Waals surface area contributed by atoms with Crippen LogP contribution in [0.4, 0.5) is 13.2 Å². The van der Waals surface area contributed by atoms with Crippen molar-refractivity contribution >= 4 is 0 Å². The summed E-state index contributed by atoms with van der Waals surface area (Å²) in [6.07, 6.45) is -2.90. The van der Waals surface area contributed by atoms with Crippen LogP contribution in [0.1, 0.15) is 31.0 Å². The van der Waals surface area contributed by atoms with Crippen molar-refractivity contribution in [3.63, 3.8) is 0 Å². The summed E-state index contributed by atoms with van der Waals surface area (Å²) < 4.78 is 40.1. The number of rotatable bonds is 4. The van der Waals surface area contributed by atoms with E-state index in [9.17, 15) is 18.0 Å². The van der Waals surface area contributed by atoms with Crippen LogP contribution in [0, 0.1) is 0 Å². The molecule has 0 N–H and O–H groups in total. The SMILES string of the molecule is CC(C)n1cc(CCN(C)C)c(C(F)(F)F)cc1=O. The van der Waals surface area contributed by atoms with E-state index in [-0.39, 0.29) is 18.0 Å². The summed E-state index contributed by atoms with van der Waals surface area (Å²) in [5.41, 5.74) is -1.28. The maximum atomic E-state index is 12.9. The summed E-state index contributed by atoms with van der Waals surface area (Å²) in [6.45, 7) is 4.04. The van der Waals surface area contributed by atoms with Gasteiger partial charge in [-0.3, -0.25) is 4.79 Å². The zero-order valence-corrected chi connectivity index (χ0v) is 11.6. The fourth-order valence-electron chi connectivity index (χ4n) is 1.80. The number of alkyl halides is 3. The van der Waals surface area contributed by atoms with Gasteiger partial charge in [0.15, 0.2) is 0 Å². The van der Waals surface area contributed by atoms with E-state index in [1.54, 1.807) is 27.9 Å². The van der Waals surface area contributed by atoms with E-state index in [0.29, 0.717) is 12.6 Å². The molecule has 0 radical (unpaired) electrons. The van der Waals surface area contributed by atoms with E-state index in [1.165, 1.54) is 10.8 Å². The second kappa shape index (κ2) is 5.77. The monoisotopic (exact) mass is 276 g/mol. The number of halogens is 3. The van der Waals surface area contributed by atoms with Crippen molar-refractivity contribution < 1.29 is 13.2 Å². The molecule has 3 nitrogen and oxygen atoms in total. The van der Waals surface area contributed by atoms with Crippen LogP contribution in [0.3, 0.4) is 0 Å². The maximum absolute atomic E-state index is 12.9. The van der Waals surface area contributed by atoms with E-state index in [0.717, 1.165) is 0 Å². The standard InChI is InChI=1S/C13H19F3N2O/c1-9(2)18-8-10(5-6-17(3)4)11(7-12(18)19)13(14,15)16/h7-9H,5-6H2,1-4H3. The average Bonchev–Trinajstić information content (AvgIpc) is 2.25. The summed E-state index contributed by atoms with van der Waals surface area (Å²) in [4.78, 5) is 13.5. The first-order valence-corrected chi connectivity index (χ1v) is 6.10. The molecule has 0 spiro atoms. The Balaban J connectivity index is 3.29. The Morgan fingerprint density at radius 3 is 2.32 bits per heavy atom. The van der Waals surface area contributed by atoms with Gasteiger partial charge in [0.2, 0.25) is 0 Å². The van der Waals surface area contributed by atoms with Gasteiger partial charge in [-0.05, 0) is 39.9 Å². The van der Waals surface area contributed by atoms with Gasteiger partial charge in [-0.2, -0.15) is 13.2 Å². The summed E-state index contributed by atoms with van der Waals surface area (Å²) in [5, 5.41) is 0. The van der Waals surface area contributed by atoms with Gasteiger partial charge in [0.05, 0.1) is 5.56 Å². The predicted octanol–water partition coefficient (Wildman–Crippen LogP) is 2.55. The molecule has 108 valence electrons. The van der Waals surface area contributed by atoms with Gasteiger partial charge in [0.1, 0.15) is 0 Å². The van der Waals surface area contributed by atoms with Gasteiger partial charge in [-0.1, -0.05) is 0 Å². The Kier molecular flexibility index (Phi) is 4.79. The third kappa shape index (κ3) is 4.09. The van der Waals surface area contributed by atoms with E-state index in [2.05, 4.69) is 0 Å². The number of hydrogen-bond acceptors (Lipinski definition) is 2. The zero-order chi connectivity index (χ0) is 14.8. The Morgan fingerprint density at radius 2 is 1.89 bits per heavy atom. The number of pyridine rings is 1. The highest BCUT2D eigenvalue weighted by atomic mass is 19.4. The number of hydrogen-bond donors (Lipinski definition) is 0. The van der Waals surface area contributed by atoms with Crippen molar-refractivity contribution in [3.8, 4) is 0 Å². The van der Waals surface area contributed by atoms with E-state index < -0.39 is 17.3 Å². The minimum absolute atomic E-state index is 0.159. The van der Waals surface area contributed by atoms with Crippen LogP contribution in [0.15, 0.2) is 17.1 Å². The van der Waals surface area contributed by atoms with Crippen molar-refractivity contribution in [1.82, 2.24) is 9.47 Å². The van der Waals surface area contributed by atoms with Gasteiger partial charge in [-0.15, -0.1) is 0 Å². The second-order valence-electron chi connectivity index (χ2n) is 5.10. The highest BCUT2D eigenvalue weighted by molar-refractivity contribution is 5.27. The first-order valence-electron chi connectivity index (χ1n) is 6.10. The first kappa shape index (κ1) is 15.8. The molecule has 1 heterocycles. The van der Waals surface area contributed by atoms with Crippen LogP contribution >= 0.6 is 0 Å². The highest BCUT2D eigenvalue weighted by Gasteiger charge is 2.34. The highest BCUT2D eigenvalue weighted by Crippen LogP contribution is 2.31. The molecule has 1 aromatic heterocycles. The van der Waals surface area contributed by atoms with Crippen LogP contribution in [-0.4, -0.2) is 30.1 Å². The zero-order valence-electron chi connectivity index (χ0n) is 11.6. The smallest absolute Gasteiger partial charge is 0.313 e. The summed E-state index contributed by atoms with van der Waals surface area (Å²) in [7, 11) is 3.59. The third-order valence-electron chi connectivity index (χ3n) is 2.85. The molecule has 0 aromatic carbocycles. The largest absolute Gasteiger partial charge is 0.416 e. The fourth-order valence-corrected chi connectivity index (χ4v) is 1.80. The van der Waals surface area contributed by atoms with Crippen LogP contribution in [0.25, 0.3) is 0 Å². The normalized spacial score (nSPS) is 12.5. The van der Waals surface area contributed by atoms with Crippen molar-refractivity contribution in [3.05, 3.63) is 33.7 Å². The molecule has 0 aliphatic carbocycles. The lowest BCUT2D eigenvalue weighted by Crippen LogP contribution is -2.26.